The molecule has 0 aromatic heterocycles. The monoisotopic (exact) mass is 238 g/mol. The Balaban J connectivity index is 4.80. The number of rotatable bonds is 7. The standard InChI is InChI=1S/C9H22N2O3S/c1-5-11(8(2)7-14-4)15(12,13)9(3)6-10/h8-9H,5-7,10H2,1-4H3. The number of likely N-dealkylation sites (N-methyl/N-ethyl adjacent to an activating group) is 1. The Morgan fingerprint density at radius 2 is 1.93 bits per heavy atom. The van der Waals surface area contributed by atoms with E-state index < -0.39 is 15.3 Å². The van der Waals surface area contributed by atoms with Crippen LogP contribution in [-0.2, 0) is 14.8 Å². The van der Waals surface area contributed by atoms with Gasteiger partial charge in [-0.3, -0.25) is 0 Å². The molecule has 2 atom stereocenters. The zero-order valence-corrected chi connectivity index (χ0v) is 10.8. The number of methoxy groups -OCH3 is 1. The zero-order chi connectivity index (χ0) is 12.1. The highest BCUT2D eigenvalue weighted by molar-refractivity contribution is 7.89. The van der Waals surface area contributed by atoms with Crippen molar-refractivity contribution in [3.63, 3.8) is 0 Å². The van der Waals surface area contributed by atoms with E-state index >= 15 is 0 Å². The second kappa shape index (κ2) is 6.42. The fraction of sp³-hybridized carbons (Fsp3) is 1.00. The Labute approximate surface area is 92.6 Å². The first-order valence-corrected chi connectivity index (χ1v) is 6.61. The summed E-state index contributed by atoms with van der Waals surface area (Å²) >= 11 is 0. The first kappa shape index (κ1) is 14.8. The molecule has 5 nitrogen and oxygen atoms in total. The lowest BCUT2D eigenvalue weighted by Gasteiger charge is -2.29. The van der Waals surface area contributed by atoms with E-state index in [-0.39, 0.29) is 12.6 Å². The van der Waals surface area contributed by atoms with Crippen LogP contribution in [0.2, 0.25) is 0 Å². The average molecular weight is 238 g/mol. The Morgan fingerprint density at radius 1 is 1.40 bits per heavy atom. The van der Waals surface area contributed by atoms with Crippen molar-refractivity contribution in [1.29, 1.82) is 0 Å². The molecule has 0 heterocycles. The molecule has 0 aliphatic rings. The minimum atomic E-state index is -3.29. The fourth-order valence-electron chi connectivity index (χ4n) is 1.42. The summed E-state index contributed by atoms with van der Waals surface area (Å²) in [5, 5.41) is -0.545. The molecule has 0 aliphatic carbocycles. The molecule has 2 unspecified atom stereocenters. The topological polar surface area (TPSA) is 72.6 Å². The largest absolute Gasteiger partial charge is 0.383 e. The summed E-state index contributed by atoms with van der Waals surface area (Å²) < 4.78 is 30.4. The average Bonchev–Trinajstić information content (AvgIpc) is 2.17. The molecule has 92 valence electrons. The first-order valence-electron chi connectivity index (χ1n) is 5.11. The maximum absolute atomic E-state index is 12.0. The van der Waals surface area contributed by atoms with Gasteiger partial charge < -0.3 is 10.5 Å². The van der Waals surface area contributed by atoms with Crippen molar-refractivity contribution in [1.82, 2.24) is 4.31 Å². The second-order valence-electron chi connectivity index (χ2n) is 3.60. The molecule has 2 N–H and O–H groups in total. The maximum atomic E-state index is 12.0. The molecule has 0 aromatic carbocycles. The summed E-state index contributed by atoms with van der Waals surface area (Å²) in [4.78, 5) is 0. The van der Waals surface area contributed by atoms with Crippen molar-refractivity contribution in [2.75, 3.05) is 26.8 Å². The van der Waals surface area contributed by atoms with E-state index in [0.29, 0.717) is 13.2 Å². The molecule has 0 rings (SSSR count). The summed E-state index contributed by atoms with van der Waals surface area (Å²) in [7, 11) is -1.74. The molecular formula is C9H22N2O3S. The molecule has 0 aromatic rings. The molecule has 0 radical (unpaired) electrons. The van der Waals surface area contributed by atoms with Crippen LogP contribution in [0, 0.1) is 0 Å². The highest BCUT2D eigenvalue weighted by Crippen LogP contribution is 2.12. The lowest BCUT2D eigenvalue weighted by atomic mass is 10.4. The SMILES string of the molecule is CCN(C(C)COC)S(=O)(=O)C(C)CN. The Hall–Kier alpha value is -0.170. The third-order valence-corrected chi connectivity index (χ3v) is 4.86. The van der Waals surface area contributed by atoms with Crippen molar-refractivity contribution in [3.8, 4) is 0 Å². The van der Waals surface area contributed by atoms with Crippen LogP contribution in [0.1, 0.15) is 20.8 Å². The van der Waals surface area contributed by atoms with Gasteiger partial charge in [0.2, 0.25) is 10.0 Å². The van der Waals surface area contributed by atoms with E-state index in [1.807, 2.05) is 13.8 Å². The predicted octanol–water partition coefficient (Wildman–Crippen LogP) is 0.0202. The van der Waals surface area contributed by atoms with Gasteiger partial charge in [-0.15, -0.1) is 0 Å². The molecule has 0 amide bonds. The quantitative estimate of drug-likeness (QED) is 0.678. The van der Waals surface area contributed by atoms with Crippen LogP contribution < -0.4 is 5.73 Å². The lowest BCUT2D eigenvalue weighted by molar-refractivity contribution is 0.142. The van der Waals surface area contributed by atoms with Crippen LogP contribution in [0.5, 0.6) is 0 Å². The third kappa shape index (κ3) is 3.71. The molecule has 0 spiro atoms. The van der Waals surface area contributed by atoms with Gasteiger partial charge in [0.25, 0.3) is 0 Å². The van der Waals surface area contributed by atoms with E-state index in [1.165, 1.54) is 4.31 Å². The Kier molecular flexibility index (Phi) is 6.35. The number of nitrogens with two attached hydrogens (primary N) is 1. The van der Waals surface area contributed by atoms with Gasteiger partial charge in [-0.05, 0) is 13.8 Å². The zero-order valence-electron chi connectivity index (χ0n) is 9.93. The molecule has 0 saturated heterocycles. The van der Waals surface area contributed by atoms with Crippen LogP contribution >= 0.6 is 0 Å². The second-order valence-corrected chi connectivity index (χ2v) is 5.90. The maximum Gasteiger partial charge on any atom is 0.218 e. The summed E-state index contributed by atoms with van der Waals surface area (Å²) in [5.41, 5.74) is 5.39. The van der Waals surface area contributed by atoms with Crippen molar-refractivity contribution >= 4 is 10.0 Å². The number of nitrogens with zero attached hydrogens (tertiary/aromatic N) is 1. The van der Waals surface area contributed by atoms with E-state index in [4.69, 9.17) is 10.5 Å². The minimum Gasteiger partial charge on any atom is -0.383 e. The summed E-state index contributed by atoms with van der Waals surface area (Å²) in [6.45, 7) is 6.23. The van der Waals surface area contributed by atoms with Gasteiger partial charge in [0.1, 0.15) is 0 Å². The summed E-state index contributed by atoms with van der Waals surface area (Å²) in [6.07, 6.45) is 0. The molecule has 0 bridgehead atoms. The molecule has 6 heteroatoms. The van der Waals surface area contributed by atoms with Gasteiger partial charge in [0.15, 0.2) is 0 Å². The smallest absolute Gasteiger partial charge is 0.218 e. The minimum absolute atomic E-state index is 0.137. The van der Waals surface area contributed by atoms with Crippen molar-refractivity contribution in [3.05, 3.63) is 0 Å². The van der Waals surface area contributed by atoms with Gasteiger partial charge in [-0.1, -0.05) is 6.92 Å². The predicted molar refractivity (Wildman–Crippen MR) is 61.2 cm³/mol. The fourth-order valence-corrected chi connectivity index (χ4v) is 3.05. The van der Waals surface area contributed by atoms with Gasteiger partial charge in [0, 0.05) is 26.2 Å². The number of hydrogen-bond donors (Lipinski definition) is 1. The third-order valence-electron chi connectivity index (χ3n) is 2.38. The van der Waals surface area contributed by atoms with Crippen LogP contribution in [0.3, 0.4) is 0 Å². The number of sulfonamides is 1. The summed E-state index contributed by atoms with van der Waals surface area (Å²) in [6, 6.07) is -0.154. The normalized spacial score (nSPS) is 16.7. The van der Waals surface area contributed by atoms with Crippen molar-refractivity contribution in [2.45, 2.75) is 32.1 Å². The Bertz CT molecular complexity index is 267. The van der Waals surface area contributed by atoms with E-state index in [0.717, 1.165) is 0 Å². The Morgan fingerprint density at radius 3 is 2.27 bits per heavy atom. The molecule has 15 heavy (non-hydrogen) atoms. The van der Waals surface area contributed by atoms with Gasteiger partial charge in [0.05, 0.1) is 11.9 Å². The lowest BCUT2D eigenvalue weighted by Crippen LogP contribution is -2.46. The molecular weight excluding hydrogens is 216 g/mol. The van der Waals surface area contributed by atoms with Gasteiger partial charge in [-0.2, -0.15) is 4.31 Å². The molecule has 0 saturated carbocycles. The van der Waals surface area contributed by atoms with Crippen molar-refractivity contribution in [2.24, 2.45) is 5.73 Å². The summed E-state index contributed by atoms with van der Waals surface area (Å²) in [5.74, 6) is 0. The van der Waals surface area contributed by atoms with Gasteiger partial charge >= 0.3 is 0 Å². The van der Waals surface area contributed by atoms with E-state index in [1.54, 1.807) is 14.0 Å². The van der Waals surface area contributed by atoms with E-state index in [2.05, 4.69) is 0 Å². The molecule has 0 fully saturated rings. The van der Waals surface area contributed by atoms with Crippen LogP contribution in [0.25, 0.3) is 0 Å². The van der Waals surface area contributed by atoms with E-state index in [9.17, 15) is 8.42 Å². The van der Waals surface area contributed by atoms with Gasteiger partial charge in [-0.25, -0.2) is 8.42 Å². The van der Waals surface area contributed by atoms with Crippen molar-refractivity contribution < 1.29 is 13.2 Å². The first-order chi connectivity index (χ1) is 6.91. The molecule has 0 aliphatic heterocycles. The van der Waals surface area contributed by atoms with Crippen LogP contribution in [-0.4, -0.2) is 50.8 Å². The highest BCUT2D eigenvalue weighted by Gasteiger charge is 2.30. The number of ether oxygens (including phenoxy) is 1. The highest BCUT2D eigenvalue weighted by atomic mass is 32.2. The van der Waals surface area contributed by atoms with Crippen LogP contribution in [0.15, 0.2) is 0 Å². The number of hydrogen-bond acceptors (Lipinski definition) is 4. The van der Waals surface area contributed by atoms with Crippen LogP contribution in [0.4, 0.5) is 0 Å².